The van der Waals surface area contributed by atoms with Gasteiger partial charge in [0.25, 0.3) is 5.91 Å². The van der Waals surface area contributed by atoms with Gasteiger partial charge >= 0.3 is 24.3 Å². The number of aromatic nitrogens is 1. The quantitative estimate of drug-likeness (QED) is 0.548. The predicted octanol–water partition coefficient (Wildman–Crippen LogP) is 3.06. The van der Waals surface area contributed by atoms with Gasteiger partial charge in [-0.25, -0.2) is 9.59 Å². The number of aliphatic carboxylic acids is 2. The van der Waals surface area contributed by atoms with E-state index >= 15 is 0 Å². The van der Waals surface area contributed by atoms with Crippen molar-refractivity contribution in [2.24, 2.45) is 0 Å². The molecule has 1 fully saturated rings. The molecule has 0 saturated carbocycles. The van der Waals surface area contributed by atoms with E-state index in [-0.39, 0.29) is 5.91 Å². The topological polar surface area (TPSA) is 120 Å². The molecule has 2 heterocycles. The van der Waals surface area contributed by atoms with Crippen molar-refractivity contribution in [1.29, 1.82) is 0 Å². The molecule has 0 spiro atoms. The highest BCUT2D eigenvalue weighted by Gasteiger charge is 2.38. The first kappa shape index (κ1) is 28.4. The van der Waals surface area contributed by atoms with Crippen molar-refractivity contribution < 1.29 is 50.9 Å². The molecule has 1 aromatic carbocycles. The number of hydrogen-bond acceptors (Lipinski definition) is 5. The van der Waals surface area contributed by atoms with Crippen LogP contribution in [-0.2, 0) is 9.59 Å². The molecule has 186 valence electrons. The van der Waals surface area contributed by atoms with Crippen LogP contribution in [0.3, 0.4) is 0 Å². The van der Waals surface area contributed by atoms with Crippen LogP contribution in [0.5, 0.6) is 0 Å². The Morgan fingerprint density at radius 3 is 1.53 bits per heavy atom. The van der Waals surface area contributed by atoms with Crippen molar-refractivity contribution in [3.63, 3.8) is 0 Å². The molecule has 14 heteroatoms. The molecule has 3 rings (SSSR count). The van der Waals surface area contributed by atoms with Crippen molar-refractivity contribution >= 4 is 17.8 Å². The second-order valence-electron chi connectivity index (χ2n) is 6.46. The lowest BCUT2D eigenvalue weighted by molar-refractivity contribution is -0.193. The standard InChI is InChI=1S/C16H17N3O.2C2HF3O2/c20-16(19-11-9-18-10-12-19)15-3-1-13(2-4-15)14-5-7-17-8-6-14;2*3-2(4,5)1(6)7/h1-8,18H,9-12H2;2*(H,6,7). The Balaban J connectivity index is 0.000000343. The van der Waals surface area contributed by atoms with Crippen molar-refractivity contribution in [1.82, 2.24) is 15.2 Å². The number of rotatable bonds is 2. The molecule has 0 aliphatic carbocycles. The minimum absolute atomic E-state index is 0.118. The van der Waals surface area contributed by atoms with Gasteiger partial charge in [-0.05, 0) is 35.4 Å². The van der Waals surface area contributed by atoms with Gasteiger partial charge < -0.3 is 20.4 Å². The molecule has 2 aromatic rings. The van der Waals surface area contributed by atoms with Gasteiger partial charge in [0.15, 0.2) is 0 Å². The normalized spacial score (nSPS) is 13.5. The van der Waals surface area contributed by atoms with E-state index < -0.39 is 24.3 Å². The summed E-state index contributed by atoms with van der Waals surface area (Å²) in [5, 5.41) is 17.5. The number of benzene rings is 1. The van der Waals surface area contributed by atoms with Gasteiger partial charge in [0, 0.05) is 44.1 Å². The van der Waals surface area contributed by atoms with Gasteiger partial charge in [-0.2, -0.15) is 26.3 Å². The van der Waals surface area contributed by atoms with E-state index in [4.69, 9.17) is 19.8 Å². The van der Waals surface area contributed by atoms with Gasteiger partial charge in [-0.3, -0.25) is 9.78 Å². The predicted molar refractivity (Wildman–Crippen MR) is 106 cm³/mol. The fourth-order valence-electron chi connectivity index (χ4n) is 2.40. The van der Waals surface area contributed by atoms with E-state index in [0.29, 0.717) is 0 Å². The number of piperazine rings is 1. The number of carbonyl (C=O) groups excluding carboxylic acids is 1. The summed E-state index contributed by atoms with van der Waals surface area (Å²) >= 11 is 0. The zero-order valence-electron chi connectivity index (χ0n) is 17.2. The first-order valence-electron chi connectivity index (χ1n) is 9.34. The molecule has 1 amide bonds. The second kappa shape index (κ2) is 12.5. The largest absolute Gasteiger partial charge is 0.490 e. The minimum atomic E-state index is -5.08. The number of carboxylic acid groups (broad SMARTS) is 2. The van der Waals surface area contributed by atoms with Crippen LogP contribution in [0.25, 0.3) is 11.1 Å². The lowest BCUT2D eigenvalue weighted by Crippen LogP contribution is -2.46. The van der Waals surface area contributed by atoms with Gasteiger partial charge in [-0.15, -0.1) is 0 Å². The van der Waals surface area contributed by atoms with Crippen LogP contribution < -0.4 is 5.32 Å². The van der Waals surface area contributed by atoms with Crippen molar-refractivity contribution in [2.75, 3.05) is 26.2 Å². The molecule has 8 nitrogen and oxygen atoms in total. The third kappa shape index (κ3) is 9.85. The van der Waals surface area contributed by atoms with Crippen LogP contribution in [0, 0.1) is 0 Å². The van der Waals surface area contributed by atoms with Gasteiger partial charge in [0.05, 0.1) is 0 Å². The molecular formula is C20H19F6N3O5. The molecule has 0 radical (unpaired) electrons. The van der Waals surface area contributed by atoms with Gasteiger partial charge in [0.1, 0.15) is 0 Å². The van der Waals surface area contributed by atoms with E-state index in [0.717, 1.165) is 42.9 Å². The first-order valence-corrected chi connectivity index (χ1v) is 9.34. The highest BCUT2D eigenvalue weighted by molar-refractivity contribution is 5.94. The van der Waals surface area contributed by atoms with Gasteiger partial charge in [-0.1, -0.05) is 12.1 Å². The van der Waals surface area contributed by atoms with Crippen LogP contribution in [0.4, 0.5) is 26.3 Å². The summed E-state index contributed by atoms with van der Waals surface area (Å²) in [5.41, 5.74) is 2.97. The Bertz CT molecular complexity index is 920. The Hall–Kier alpha value is -3.68. The highest BCUT2D eigenvalue weighted by Crippen LogP contribution is 2.19. The molecule has 0 unspecified atom stereocenters. The smallest absolute Gasteiger partial charge is 0.475 e. The maximum absolute atomic E-state index is 12.3. The molecule has 1 aliphatic heterocycles. The zero-order chi connectivity index (χ0) is 25.9. The number of amides is 1. The van der Waals surface area contributed by atoms with Crippen LogP contribution in [0.1, 0.15) is 10.4 Å². The minimum Gasteiger partial charge on any atom is -0.475 e. The summed E-state index contributed by atoms with van der Waals surface area (Å²) < 4.78 is 63.5. The monoisotopic (exact) mass is 495 g/mol. The number of nitrogens with one attached hydrogen (secondary N) is 1. The molecule has 0 bridgehead atoms. The number of pyridine rings is 1. The molecule has 1 saturated heterocycles. The summed E-state index contributed by atoms with van der Waals surface area (Å²) in [6, 6.07) is 11.7. The summed E-state index contributed by atoms with van der Waals surface area (Å²) in [5.74, 6) is -5.40. The van der Waals surface area contributed by atoms with E-state index in [1.54, 1.807) is 12.4 Å². The van der Waals surface area contributed by atoms with Crippen LogP contribution >= 0.6 is 0 Å². The number of carboxylic acids is 2. The third-order valence-electron chi connectivity index (χ3n) is 4.03. The summed E-state index contributed by atoms with van der Waals surface area (Å²) in [4.78, 5) is 36.0. The van der Waals surface area contributed by atoms with E-state index in [1.165, 1.54) is 0 Å². The van der Waals surface area contributed by atoms with Crippen LogP contribution in [-0.4, -0.2) is 76.5 Å². The van der Waals surface area contributed by atoms with Crippen LogP contribution in [0.15, 0.2) is 48.8 Å². The molecule has 1 aliphatic rings. The third-order valence-corrected chi connectivity index (χ3v) is 4.03. The maximum atomic E-state index is 12.3. The Morgan fingerprint density at radius 1 is 0.765 bits per heavy atom. The highest BCUT2D eigenvalue weighted by atomic mass is 19.4. The molecule has 34 heavy (non-hydrogen) atoms. The molecule has 0 atom stereocenters. The lowest BCUT2D eigenvalue weighted by Gasteiger charge is -2.27. The SMILES string of the molecule is O=C(O)C(F)(F)F.O=C(O)C(F)(F)F.O=C(c1ccc(-c2ccncc2)cc1)N1CCNCC1. The number of carbonyl (C=O) groups is 3. The summed E-state index contributed by atoms with van der Waals surface area (Å²) in [6.45, 7) is 3.32. The van der Waals surface area contributed by atoms with E-state index in [2.05, 4.69) is 10.3 Å². The summed E-state index contributed by atoms with van der Waals surface area (Å²) in [6.07, 6.45) is -6.62. The lowest BCUT2D eigenvalue weighted by atomic mass is 10.0. The molecule has 1 aromatic heterocycles. The average Bonchev–Trinajstić information content (AvgIpc) is 2.79. The average molecular weight is 495 g/mol. The van der Waals surface area contributed by atoms with E-state index in [1.807, 2.05) is 41.3 Å². The fraction of sp³-hybridized carbons (Fsp3) is 0.300. The molecule has 3 N–H and O–H groups in total. The van der Waals surface area contributed by atoms with E-state index in [9.17, 15) is 31.1 Å². The number of nitrogens with zero attached hydrogens (tertiary/aromatic N) is 2. The van der Waals surface area contributed by atoms with Crippen LogP contribution in [0.2, 0.25) is 0 Å². The van der Waals surface area contributed by atoms with Crippen molar-refractivity contribution in [2.45, 2.75) is 12.4 Å². The Morgan fingerprint density at radius 2 is 1.15 bits per heavy atom. The zero-order valence-corrected chi connectivity index (χ0v) is 17.2. The first-order chi connectivity index (χ1) is 15.7. The Kier molecular flexibility index (Phi) is 10.4. The second-order valence-corrected chi connectivity index (χ2v) is 6.46. The number of halogens is 6. The summed E-state index contributed by atoms with van der Waals surface area (Å²) in [7, 11) is 0. The van der Waals surface area contributed by atoms with Crippen molar-refractivity contribution in [3.05, 3.63) is 54.4 Å². The number of hydrogen-bond donors (Lipinski definition) is 3. The van der Waals surface area contributed by atoms with Crippen molar-refractivity contribution in [3.8, 4) is 11.1 Å². The Labute approximate surface area is 188 Å². The van der Waals surface area contributed by atoms with Gasteiger partial charge in [0.2, 0.25) is 0 Å². The maximum Gasteiger partial charge on any atom is 0.490 e. The number of alkyl halides is 6. The molecular weight excluding hydrogens is 476 g/mol. The fourth-order valence-corrected chi connectivity index (χ4v) is 2.40.